The van der Waals surface area contributed by atoms with Crippen molar-refractivity contribution in [1.29, 1.82) is 0 Å². The number of aryl methyl sites for hydroxylation is 1. The van der Waals surface area contributed by atoms with Crippen molar-refractivity contribution in [2.45, 2.75) is 68.0 Å². The van der Waals surface area contributed by atoms with Crippen molar-refractivity contribution in [2.24, 2.45) is 0 Å². The molecule has 10 heteroatoms. The van der Waals surface area contributed by atoms with E-state index in [4.69, 9.17) is 19.2 Å². The van der Waals surface area contributed by atoms with E-state index in [1.54, 1.807) is 30.5 Å². The van der Waals surface area contributed by atoms with Crippen LogP contribution in [-0.2, 0) is 44.2 Å². The van der Waals surface area contributed by atoms with E-state index in [-0.39, 0.29) is 31.8 Å². The number of ether oxygens (including phenoxy) is 3. The number of cyclic esters (lactones) is 1. The number of hydrogen-bond donors (Lipinski definition) is 1. The number of carbonyl (C=O) groups excluding carboxylic acids is 2. The summed E-state index contributed by atoms with van der Waals surface area (Å²) in [4.78, 5) is 42.9. The third kappa shape index (κ3) is 4.86. The summed E-state index contributed by atoms with van der Waals surface area (Å²) < 4.78 is 17.6. The minimum absolute atomic E-state index is 0.0946. The molecule has 0 saturated carbocycles. The van der Waals surface area contributed by atoms with Gasteiger partial charge in [-0.3, -0.25) is 0 Å². The molecule has 1 atom stereocenters. The molecule has 2 aliphatic rings. The molecule has 5 rings (SSSR count). The molecule has 9 nitrogen and oxygen atoms in total. The van der Waals surface area contributed by atoms with Gasteiger partial charge in [-0.25, -0.2) is 0 Å². The van der Waals surface area contributed by atoms with E-state index in [1.165, 1.54) is 0 Å². The zero-order valence-corrected chi connectivity index (χ0v) is 25.1. The quantitative estimate of drug-likeness (QED) is 0.241. The normalized spacial score (nSPS) is 17.8. The summed E-state index contributed by atoms with van der Waals surface area (Å²) in [6, 6.07) is 7.28. The summed E-state index contributed by atoms with van der Waals surface area (Å²) in [6.07, 6.45) is 0.923. The first-order valence-electron chi connectivity index (χ1n) is 13.4. The Labute approximate surface area is 229 Å². The van der Waals surface area contributed by atoms with Crippen molar-refractivity contribution < 1.29 is 28.9 Å². The Kier molecular flexibility index (Phi) is 7.09. The molecule has 3 aromatic rings. The Bertz CT molecular complexity index is 1560. The second kappa shape index (κ2) is 10.1. The number of esters is 2. The number of nitrogens with zero attached hydrogens (tertiary/aromatic N) is 2. The van der Waals surface area contributed by atoms with E-state index in [9.17, 15) is 19.5 Å². The van der Waals surface area contributed by atoms with Gasteiger partial charge in [0.2, 0.25) is 0 Å². The zero-order chi connectivity index (χ0) is 28.1. The summed E-state index contributed by atoms with van der Waals surface area (Å²) in [7, 11) is 0. The fourth-order valence-corrected chi connectivity index (χ4v) is 7.46. The molecular formula is C29H34GeN2O7. The Balaban J connectivity index is 1.66. The van der Waals surface area contributed by atoms with Crippen LogP contribution in [0.5, 0.6) is 5.75 Å². The van der Waals surface area contributed by atoms with Crippen LogP contribution >= 0.6 is 0 Å². The van der Waals surface area contributed by atoms with Gasteiger partial charge in [0.25, 0.3) is 0 Å². The number of fused-ring (bicyclic) bond motifs is 5. The van der Waals surface area contributed by atoms with E-state index in [2.05, 4.69) is 17.3 Å². The molecule has 1 N–H and O–H groups in total. The number of aliphatic hydroxyl groups is 1. The number of rotatable bonds is 8. The Hall–Kier alpha value is -3.18. The van der Waals surface area contributed by atoms with E-state index < -0.39 is 30.8 Å². The second-order valence-corrected chi connectivity index (χ2v) is 23.1. The fourth-order valence-electron chi connectivity index (χ4n) is 5.36. The Morgan fingerprint density at radius 1 is 1.18 bits per heavy atom. The van der Waals surface area contributed by atoms with Gasteiger partial charge in [-0.05, 0) is 0 Å². The van der Waals surface area contributed by atoms with Crippen molar-refractivity contribution in [3.8, 4) is 17.1 Å². The SMILES string of the molecule is CCOC(=O)COc1ccc2nc3c(c(C[CH2][Ge]([CH3])([CH3])[CH3])c2c1)Cn1c-3cc2c(c1=O)COC(=O)[C@]2(O)CC. The van der Waals surface area contributed by atoms with Gasteiger partial charge in [-0.1, -0.05) is 0 Å². The predicted molar refractivity (Wildman–Crippen MR) is 149 cm³/mol. The average Bonchev–Trinajstić information content (AvgIpc) is 3.26. The van der Waals surface area contributed by atoms with Crippen LogP contribution in [0.25, 0.3) is 22.3 Å². The molecule has 0 spiro atoms. The van der Waals surface area contributed by atoms with Gasteiger partial charge in [-0.2, -0.15) is 0 Å². The van der Waals surface area contributed by atoms with Crippen LogP contribution in [0.3, 0.4) is 0 Å². The molecule has 206 valence electrons. The monoisotopic (exact) mass is 596 g/mol. The number of pyridine rings is 2. The molecule has 0 saturated heterocycles. The van der Waals surface area contributed by atoms with Gasteiger partial charge in [0.05, 0.1) is 0 Å². The Morgan fingerprint density at radius 3 is 2.64 bits per heavy atom. The molecule has 0 amide bonds. The van der Waals surface area contributed by atoms with Gasteiger partial charge in [0.1, 0.15) is 0 Å². The van der Waals surface area contributed by atoms with Crippen molar-refractivity contribution >= 4 is 36.1 Å². The van der Waals surface area contributed by atoms with E-state index in [0.29, 0.717) is 34.8 Å². The first-order valence-corrected chi connectivity index (χ1v) is 21.2. The van der Waals surface area contributed by atoms with Crippen LogP contribution in [0, 0.1) is 0 Å². The van der Waals surface area contributed by atoms with Crippen molar-refractivity contribution in [3.05, 3.63) is 56.9 Å². The second-order valence-electron chi connectivity index (χ2n) is 11.4. The molecule has 2 aliphatic heterocycles. The molecule has 39 heavy (non-hydrogen) atoms. The first-order chi connectivity index (χ1) is 18.5. The summed E-state index contributed by atoms with van der Waals surface area (Å²) in [6.45, 7) is 3.73. The standard InChI is InChI=1S/C29H34GeN2O7/c1-6-29(36)22-13-24-26-20(14-32(24)27(34)21(22)15-39-28(29)35)18(10-11-30(3,4)5)19-12-17(8-9-23(19)31-26)38-16-25(33)37-7-2/h8-9,12-13,36H,6-7,10-11,14-16H2,1-5H3/t29-/m0/s1. The zero-order valence-electron chi connectivity index (χ0n) is 23.1. The minimum atomic E-state index is -1.95. The predicted octanol–water partition coefficient (Wildman–Crippen LogP) is 3.90. The van der Waals surface area contributed by atoms with E-state index in [0.717, 1.165) is 33.7 Å². The summed E-state index contributed by atoms with van der Waals surface area (Å²) in [5, 5.41) is 13.2. The fraction of sp³-hybridized carbons (Fsp3) is 0.448. The first kappa shape index (κ1) is 27.4. The van der Waals surface area contributed by atoms with Gasteiger partial charge >= 0.3 is 230 Å². The van der Waals surface area contributed by atoms with Gasteiger partial charge in [0, 0.05) is 0 Å². The van der Waals surface area contributed by atoms with Gasteiger partial charge in [-0.15, -0.1) is 0 Å². The molecule has 0 fully saturated rings. The maximum absolute atomic E-state index is 13.6. The van der Waals surface area contributed by atoms with Crippen LogP contribution in [0.15, 0.2) is 29.1 Å². The summed E-state index contributed by atoms with van der Waals surface area (Å²) in [5.74, 6) is 6.48. The third-order valence-corrected chi connectivity index (χ3v) is 11.2. The van der Waals surface area contributed by atoms with Gasteiger partial charge in [0.15, 0.2) is 0 Å². The topological polar surface area (TPSA) is 117 Å². The van der Waals surface area contributed by atoms with Crippen LogP contribution in [-0.4, -0.2) is 53.1 Å². The molecule has 0 bridgehead atoms. The molecule has 4 heterocycles. The summed E-state index contributed by atoms with van der Waals surface area (Å²) >= 11 is -1.95. The maximum atomic E-state index is 13.6. The summed E-state index contributed by atoms with van der Waals surface area (Å²) in [5.41, 5.74) is 2.58. The number of benzene rings is 1. The number of carbonyl (C=O) groups is 2. The van der Waals surface area contributed by atoms with E-state index >= 15 is 0 Å². The number of hydrogen-bond acceptors (Lipinski definition) is 8. The third-order valence-electron chi connectivity index (χ3n) is 7.56. The molecule has 0 unspecified atom stereocenters. The van der Waals surface area contributed by atoms with E-state index in [1.807, 2.05) is 12.1 Å². The van der Waals surface area contributed by atoms with Gasteiger partial charge < -0.3 is 0 Å². The molecule has 2 aromatic heterocycles. The van der Waals surface area contributed by atoms with Crippen LogP contribution in [0.4, 0.5) is 0 Å². The number of aromatic nitrogens is 2. The molecule has 0 aliphatic carbocycles. The molecule has 0 radical (unpaired) electrons. The Morgan fingerprint density at radius 2 is 1.95 bits per heavy atom. The van der Waals surface area contributed by atoms with Crippen LogP contribution < -0.4 is 10.3 Å². The van der Waals surface area contributed by atoms with Crippen molar-refractivity contribution in [3.63, 3.8) is 0 Å². The average molecular weight is 595 g/mol. The molecule has 1 aromatic carbocycles. The van der Waals surface area contributed by atoms with Crippen molar-refractivity contribution in [1.82, 2.24) is 9.55 Å². The van der Waals surface area contributed by atoms with Crippen LogP contribution in [0.2, 0.25) is 22.5 Å². The molecular weight excluding hydrogens is 561 g/mol. The van der Waals surface area contributed by atoms with Crippen LogP contribution in [0.1, 0.15) is 42.5 Å². The van der Waals surface area contributed by atoms with Crippen molar-refractivity contribution in [2.75, 3.05) is 13.2 Å².